The van der Waals surface area contributed by atoms with E-state index in [9.17, 15) is 13.2 Å². The number of sulfonamides is 1. The molecule has 1 aliphatic carbocycles. The zero-order valence-corrected chi connectivity index (χ0v) is 25.9. The molecule has 4 bridgehead atoms. The van der Waals surface area contributed by atoms with Gasteiger partial charge in [0.2, 0.25) is 10.0 Å². The smallest absolute Gasteiger partial charge is 0.410 e. The fourth-order valence-corrected chi connectivity index (χ4v) is 10.0. The normalized spacial score (nSPS) is 28.9. The van der Waals surface area contributed by atoms with Crippen LogP contribution in [0.15, 0.2) is 72.1 Å². The van der Waals surface area contributed by atoms with Gasteiger partial charge in [0, 0.05) is 25.6 Å². The maximum atomic E-state index is 14.6. The lowest BCUT2D eigenvalue weighted by Crippen LogP contribution is -2.76. The molecule has 0 spiro atoms. The molecule has 0 N–H and O–H groups in total. The second kappa shape index (κ2) is 12.5. The lowest BCUT2D eigenvalue weighted by Gasteiger charge is -2.63. The third-order valence-corrected chi connectivity index (χ3v) is 11.7. The first-order valence-electron chi connectivity index (χ1n) is 14.9. The summed E-state index contributed by atoms with van der Waals surface area (Å²) < 4.78 is 48.6. The summed E-state index contributed by atoms with van der Waals surface area (Å²) in [5.41, 5.74) is 0.611. The minimum atomic E-state index is -3.92. The van der Waals surface area contributed by atoms with E-state index in [1.54, 1.807) is 28.4 Å². The van der Waals surface area contributed by atoms with Crippen LogP contribution in [-0.2, 0) is 30.8 Å². The molecule has 2 aromatic rings. The average Bonchev–Trinajstić information content (AvgIpc) is 3.23. The Hall–Kier alpha value is -2.72. The lowest BCUT2D eigenvalue weighted by molar-refractivity contribution is -0.147. The van der Waals surface area contributed by atoms with Gasteiger partial charge in [-0.3, -0.25) is 4.90 Å². The second-order valence-electron chi connectivity index (χ2n) is 12.2. The van der Waals surface area contributed by atoms with Crippen LogP contribution in [0.2, 0.25) is 0 Å². The zero-order chi connectivity index (χ0) is 30.0. The summed E-state index contributed by atoms with van der Waals surface area (Å²) in [6.07, 6.45) is 5.26. The van der Waals surface area contributed by atoms with E-state index in [2.05, 4.69) is 6.58 Å². The summed E-state index contributed by atoms with van der Waals surface area (Å²) in [6.45, 7) is 7.78. The highest BCUT2D eigenvalue weighted by Gasteiger charge is 2.73. The van der Waals surface area contributed by atoms with Crippen molar-refractivity contribution >= 4 is 16.1 Å². The SMILES string of the molecule is C=CCCC[C@@]1(COCc2ccccc2)C[C@H]2CN(C(=O)OC)[C@@]3(COC)[C@@H]2CCN(S(=O)(=O)c2ccc(C)cc2)[C@@H]13. The van der Waals surface area contributed by atoms with Crippen LogP contribution in [-0.4, -0.2) is 75.8 Å². The van der Waals surface area contributed by atoms with Gasteiger partial charge in [-0.05, 0) is 68.6 Å². The minimum Gasteiger partial charge on any atom is -0.453 e. The van der Waals surface area contributed by atoms with E-state index in [4.69, 9.17) is 14.2 Å². The number of benzene rings is 2. The number of nitrogens with zero attached hydrogens (tertiary/aromatic N) is 2. The Labute approximate surface area is 250 Å². The van der Waals surface area contributed by atoms with Crippen molar-refractivity contribution in [2.24, 2.45) is 17.3 Å². The number of carbonyl (C=O) groups excluding carboxylic acids is 1. The number of rotatable bonds is 12. The second-order valence-corrected chi connectivity index (χ2v) is 14.1. The standard InChI is InChI=1S/C33H44N2O6S/c1-5-6-10-18-32(23-41-22-26-11-8-7-9-12-26)20-27-21-34(31(36)40-4)33(24-39-3)29(27)17-19-35(30(32)33)42(37,38)28-15-13-25(2)14-16-28/h5,7-9,11-16,27,29-30H,1,6,10,17-24H2,2-4H3/t27-,29+,30-,32-,33-/m0/s1. The van der Waals surface area contributed by atoms with Crippen molar-refractivity contribution in [3.63, 3.8) is 0 Å². The van der Waals surface area contributed by atoms with Crippen molar-refractivity contribution in [3.8, 4) is 0 Å². The molecular weight excluding hydrogens is 552 g/mol. The molecule has 2 heterocycles. The van der Waals surface area contributed by atoms with Gasteiger partial charge in [0.05, 0.1) is 43.4 Å². The number of carbonyl (C=O) groups is 1. The van der Waals surface area contributed by atoms with Gasteiger partial charge in [0.1, 0.15) is 0 Å². The van der Waals surface area contributed by atoms with Crippen molar-refractivity contribution in [1.82, 2.24) is 9.21 Å². The lowest BCUT2D eigenvalue weighted by atomic mass is 9.53. The summed E-state index contributed by atoms with van der Waals surface area (Å²) >= 11 is 0. The van der Waals surface area contributed by atoms with Gasteiger partial charge in [0.25, 0.3) is 0 Å². The number of amides is 1. The minimum absolute atomic E-state index is 0.0904. The monoisotopic (exact) mass is 596 g/mol. The molecule has 3 aliphatic rings. The van der Waals surface area contributed by atoms with Crippen molar-refractivity contribution in [3.05, 3.63) is 78.4 Å². The van der Waals surface area contributed by atoms with Gasteiger partial charge in [-0.2, -0.15) is 4.31 Å². The van der Waals surface area contributed by atoms with Gasteiger partial charge in [-0.25, -0.2) is 13.2 Å². The molecule has 8 nitrogen and oxygen atoms in total. The molecule has 0 radical (unpaired) electrons. The van der Waals surface area contributed by atoms with E-state index < -0.39 is 33.1 Å². The highest BCUT2D eigenvalue weighted by Crippen LogP contribution is 2.62. The van der Waals surface area contributed by atoms with E-state index in [-0.39, 0.29) is 23.3 Å². The van der Waals surface area contributed by atoms with Crippen LogP contribution in [0.3, 0.4) is 0 Å². The van der Waals surface area contributed by atoms with Crippen LogP contribution >= 0.6 is 0 Å². The van der Waals surface area contributed by atoms with Crippen LogP contribution in [0, 0.1) is 24.2 Å². The first kappa shape index (κ1) is 30.7. The predicted molar refractivity (Wildman–Crippen MR) is 161 cm³/mol. The summed E-state index contributed by atoms with van der Waals surface area (Å²) in [5, 5.41) is 0. The van der Waals surface area contributed by atoms with Crippen LogP contribution in [0.5, 0.6) is 0 Å². The summed E-state index contributed by atoms with van der Waals surface area (Å²) in [7, 11) is -0.900. The average molecular weight is 597 g/mol. The molecule has 0 unspecified atom stereocenters. The number of piperidine rings is 1. The van der Waals surface area contributed by atoms with Gasteiger partial charge >= 0.3 is 6.09 Å². The Morgan fingerprint density at radius 2 is 1.83 bits per heavy atom. The summed E-state index contributed by atoms with van der Waals surface area (Å²) in [5.74, 6) is 0.274. The van der Waals surface area contributed by atoms with Gasteiger partial charge in [-0.1, -0.05) is 54.1 Å². The maximum absolute atomic E-state index is 14.6. The summed E-state index contributed by atoms with van der Waals surface area (Å²) in [4.78, 5) is 15.5. The molecule has 228 valence electrons. The number of likely N-dealkylation sites (tertiary alicyclic amines) is 1. The van der Waals surface area contributed by atoms with Crippen molar-refractivity contribution in [2.75, 3.05) is 40.5 Å². The Bertz CT molecular complexity index is 1350. The van der Waals surface area contributed by atoms with Crippen LogP contribution in [0.25, 0.3) is 0 Å². The number of unbranched alkanes of at least 4 members (excludes halogenated alkanes) is 1. The number of aryl methyl sites for hydroxylation is 1. The molecule has 1 amide bonds. The first-order valence-corrected chi connectivity index (χ1v) is 16.3. The van der Waals surface area contributed by atoms with Crippen LogP contribution in [0.4, 0.5) is 4.79 Å². The Morgan fingerprint density at radius 1 is 1.10 bits per heavy atom. The molecule has 0 aromatic heterocycles. The molecule has 2 aromatic carbocycles. The van der Waals surface area contributed by atoms with Crippen molar-refractivity contribution in [2.45, 2.75) is 62.1 Å². The molecule has 2 aliphatic heterocycles. The Morgan fingerprint density at radius 3 is 2.50 bits per heavy atom. The van der Waals surface area contributed by atoms with E-state index in [0.29, 0.717) is 32.7 Å². The van der Waals surface area contributed by atoms with E-state index in [1.165, 1.54) is 7.11 Å². The Kier molecular flexibility index (Phi) is 9.13. The summed E-state index contributed by atoms with van der Waals surface area (Å²) in [6, 6.07) is 16.5. The number of methoxy groups -OCH3 is 2. The molecule has 3 fully saturated rings. The fraction of sp³-hybridized carbons (Fsp3) is 0.545. The highest BCUT2D eigenvalue weighted by atomic mass is 32.2. The number of hydrogen-bond acceptors (Lipinski definition) is 6. The zero-order valence-electron chi connectivity index (χ0n) is 25.0. The molecular formula is C33H44N2O6S. The molecule has 1 saturated carbocycles. The Balaban J connectivity index is 1.65. The third-order valence-electron chi connectivity index (χ3n) is 9.78. The van der Waals surface area contributed by atoms with Gasteiger partial charge in [0.15, 0.2) is 0 Å². The number of ether oxygens (including phenoxy) is 3. The maximum Gasteiger partial charge on any atom is 0.410 e. The van der Waals surface area contributed by atoms with Crippen LogP contribution in [0.1, 0.15) is 43.2 Å². The molecule has 42 heavy (non-hydrogen) atoms. The van der Waals surface area contributed by atoms with Crippen LogP contribution < -0.4 is 0 Å². The van der Waals surface area contributed by atoms with Crippen molar-refractivity contribution < 1.29 is 27.4 Å². The van der Waals surface area contributed by atoms with Gasteiger partial charge < -0.3 is 14.2 Å². The van der Waals surface area contributed by atoms with E-state index in [1.807, 2.05) is 55.5 Å². The topological polar surface area (TPSA) is 85.4 Å². The molecule has 2 saturated heterocycles. The molecule has 5 atom stereocenters. The van der Waals surface area contributed by atoms with Gasteiger partial charge in [-0.15, -0.1) is 6.58 Å². The fourth-order valence-electron chi connectivity index (χ4n) is 8.25. The van der Waals surface area contributed by atoms with Crippen molar-refractivity contribution in [1.29, 1.82) is 0 Å². The molecule has 9 heteroatoms. The largest absolute Gasteiger partial charge is 0.453 e. The first-order chi connectivity index (χ1) is 20.2. The highest BCUT2D eigenvalue weighted by molar-refractivity contribution is 7.89. The van der Waals surface area contributed by atoms with E-state index >= 15 is 0 Å². The number of allylic oxidation sites excluding steroid dienone is 1. The predicted octanol–water partition coefficient (Wildman–Crippen LogP) is 5.42. The van der Waals surface area contributed by atoms with E-state index in [0.717, 1.165) is 36.8 Å². The quantitative estimate of drug-likeness (QED) is 0.240. The molecule has 5 rings (SSSR count). The third kappa shape index (κ3) is 5.29. The number of hydrogen-bond donors (Lipinski definition) is 0.